The fourth-order valence-corrected chi connectivity index (χ4v) is 4.57. The number of amides is 2. The topological polar surface area (TPSA) is 49.4 Å². The molecule has 3 aromatic rings. The Labute approximate surface area is 211 Å². The highest BCUT2D eigenvalue weighted by atomic mass is 32.2. The zero-order valence-corrected chi connectivity index (χ0v) is 21.4. The number of hydrogen-bond acceptors (Lipinski definition) is 3. The van der Waals surface area contributed by atoms with Crippen molar-refractivity contribution < 1.29 is 14.0 Å². The molecule has 35 heavy (non-hydrogen) atoms. The monoisotopic (exact) mass is 492 g/mol. The van der Waals surface area contributed by atoms with Crippen molar-refractivity contribution in [3.63, 3.8) is 0 Å². The summed E-state index contributed by atoms with van der Waals surface area (Å²) in [6.07, 6.45) is 0.677. The summed E-state index contributed by atoms with van der Waals surface area (Å²) in [6.45, 7) is 6.00. The molecule has 0 bridgehead atoms. The maximum atomic E-state index is 13.6. The lowest BCUT2D eigenvalue weighted by atomic mass is 10.0. The van der Waals surface area contributed by atoms with E-state index in [4.69, 9.17) is 0 Å². The molecule has 3 rings (SSSR count). The molecule has 0 aliphatic carbocycles. The molecule has 184 valence electrons. The van der Waals surface area contributed by atoms with Gasteiger partial charge in [-0.05, 0) is 56.2 Å². The largest absolute Gasteiger partial charge is 0.350 e. The van der Waals surface area contributed by atoms with E-state index in [9.17, 15) is 14.0 Å². The van der Waals surface area contributed by atoms with Gasteiger partial charge in [0.2, 0.25) is 11.8 Å². The maximum Gasteiger partial charge on any atom is 0.243 e. The second kappa shape index (κ2) is 12.5. The van der Waals surface area contributed by atoms with Crippen LogP contribution in [0.5, 0.6) is 0 Å². The van der Waals surface area contributed by atoms with E-state index in [0.29, 0.717) is 12.2 Å². The minimum Gasteiger partial charge on any atom is -0.350 e. The summed E-state index contributed by atoms with van der Waals surface area (Å²) < 4.78 is 13.5. The highest BCUT2D eigenvalue weighted by Gasteiger charge is 2.32. The standard InChI is InChI=1S/C29H33FN2O2S/c1-29(2,3)31-28(34)26(20-22-10-6-4-7-11-22)32(21-23-14-16-24(30)17-15-23)27(33)18-19-35-25-12-8-5-9-13-25/h4-17,26H,18-21H2,1-3H3,(H,31,34)/t26-/m0/s1. The molecule has 1 atom stereocenters. The Bertz CT molecular complexity index is 1080. The molecule has 3 aromatic carbocycles. The van der Waals surface area contributed by atoms with Gasteiger partial charge in [0.05, 0.1) is 0 Å². The average Bonchev–Trinajstić information content (AvgIpc) is 2.82. The zero-order chi connectivity index (χ0) is 25.3. The third kappa shape index (κ3) is 8.87. The van der Waals surface area contributed by atoms with Gasteiger partial charge in [0, 0.05) is 35.6 Å². The van der Waals surface area contributed by atoms with Crippen molar-refractivity contribution in [2.45, 2.75) is 56.6 Å². The molecule has 0 heterocycles. The quantitative estimate of drug-likeness (QED) is 0.361. The number of rotatable bonds is 10. The fraction of sp³-hybridized carbons (Fsp3) is 0.310. The summed E-state index contributed by atoms with van der Waals surface area (Å²) in [7, 11) is 0. The Hall–Kier alpha value is -3.12. The number of thioether (sulfide) groups is 1. The third-order valence-corrected chi connectivity index (χ3v) is 6.38. The molecule has 0 aromatic heterocycles. The van der Waals surface area contributed by atoms with E-state index in [-0.39, 0.29) is 30.6 Å². The van der Waals surface area contributed by atoms with Gasteiger partial charge in [-0.1, -0.05) is 60.7 Å². The number of halogens is 1. The number of nitrogens with zero attached hydrogens (tertiary/aromatic N) is 1. The first-order valence-corrected chi connectivity index (χ1v) is 12.8. The first-order valence-electron chi connectivity index (χ1n) is 11.8. The van der Waals surface area contributed by atoms with Crippen LogP contribution in [0, 0.1) is 5.82 Å². The Balaban J connectivity index is 1.86. The minimum atomic E-state index is -0.698. The van der Waals surface area contributed by atoms with Crippen LogP contribution in [0.1, 0.15) is 38.3 Å². The molecule has 6 heteroatoms. The van der Waals surface area contributed by atoms with Crippen molar-refractivity contribution in [1.29, 1.82) is 0 Å². The third-order valence-electron chi connectivity index (χ3n) is 5.36. The second-order valence-corrected chi connectivity index (χ2v) is 10.7. The molecule has 0 spiro atoms. The summed E-state index contributed by atoms with van der Waals surface area (Å²) in [5.41, 5.74) is 1.30. The highest BCUT2D eigenvalue weighted by molar-refractivity contribution is 7.99. The summed E-state index contributed by atoms with van der Waals surface area (Å²) in [5, 5.41) is 3.05. The van der Waals surface area contributed by atoms with Gasteiger partial charge in [-0.2, -0.15) is 0 Å². The van der Waals surface area contributed by atoms with E-state index >= 15 is 0 Å². The van der Waals surface area contributed by atoms with E-state index in [1.165, 1.54) is 12.1 Å². The van der Waals surface area contributed by atoms with E-state index in [0.717, 1.165) is 16.0 Å². The fourth-order valence-electron chi connectivity index (χ4n) is 3.71. The van der Waals surface area contributed by atoms with Gasteiger partial charge >= 0.3 is 0 Å². The van der Waals surface area contributed by atoms with Gasteiger partial charge in [0.25, 0.3) is 0 Å². The molecule has 4 nitrogen and oxygen atoms in total. The van der Waals surface area contributed by atoms with Crippen LogP contribution in [0.2, 0.25) is 0 Å². The molecule has 2 amide bonds. The van der Waals surface area contributed by atoms with Crippen LogP contribution in [0.3, 0.4) is 0 Å². The van der Waals surface area contributed by atoms with Crippen molar-refractivity contribution in [2.75, 3.05) is 5.75 Å². The minimum absolute atomic E-state index is 0.109. The number of carbonyl (C=O) groups excluding carboxylic acids is 2. The molecule has 0 radical (unpaired) electrons. The summed E-state index contributed by atoms with van der Waals surface area (Å²) >= 11 is 1.61. The van der Waals surface area contributed by atoms with E-state index in [1.54, 1.807) is 28.8 Å². The number of carbonyl (C=O) groups is 2. The van der Waals surface area contributed by atoms with Gasteiger partial charge in [0.15, 0.2) is 0 Å². The predicted octanol–water partition coefficient (Wildman–Crippen LogP) is 5.86. The van der Waals surface area contributed by atoms with Crippen LogP contribution in [0.25, 0.3) is 0 Å². The molecule has 0 saturated carbocycles. The summed E-state index contributed by atoms with van der Waals surface area (Å²) in [5.74, 6) is -0.0469. The second-order valence-electron chi connectivity index (χ2n) is 9.50. The van der Waals surface area contributed by atoms with Gasteiger partial charge in [-0.3, -0.25) is 9.59 Å². The number of benzene rings is 3. The summed E-state index contributed by atoms with van der Waals surface area (Å²) in [6, 6.07) is 25.0. The van der Waals surface area contributed by atoms with E-state index < -0.39 is 11.6 Å². The molecule has 1 N–H and O–H groups in total. The van der Waals surface area contributed by atoms with Crippen LogP contribution in [0.4, 0.5) is 4.39 Å². The van der Waals surface area contributed by atoms with Gasteiger partial charge in [-0.25, -0.2) is 4.39 Å². The van der Waals surface area contributed by atoms with Gasteiger partial charge in [0.1, 0.15) is 11.9 Å². The zero-order valence-electron chi connectivity index (χ0n) is 20.5. The van der Waals surface area contributed by atoms with E-state index in [2.05, 4.69) is 5.32 Å². The lowest BCUT2D eigenvalue weighted by Crippen LogP contribution is -2.54. The SMILES string of the molecule is CC(C)(C)NC(=O)[C@H](Cc1ccccc1)N(Cc1ccc(F)cc1)C(=O)CCSc1ccccc1. The Kier molecular flexibility index (Phi) is 9.49. The molecule has 0 saturated heterocycles. The smallest absolute Gasteiger partial charge is 0.243 e. The Morgan fingerprint density at radius 3 is 2.09 bits per heavy atom. The molecule has 0 unspecified atom stereocenters. The van der Waals surface area contributed by atoms with Crippen LogP contribution in [0.15, 0.2) is 89.8 Å². The van der Waals surface area contributed by atoms with Crippen LogP contribution in [-0.4, -0.2) is 34.0 Å². The van der Waals surface area contributed by atoms with Crippen molar-refractivity contribution >= 4 is 23.6 Å². The number of hydrogen-bond donors (Lipinski definition) is 1. The predicted molar refractivity (Wildman–Crippen MR) is 141 cm³/mol. The van der Waals surface area contributed by atoms with Crippen LogP contribution < -0.4 is 5.32 Å². The lowest BCUT2D eigenvalue weighted by Gasteiger charge is -2.34. The normalized spacial score (nSPS) is 12.1. The maximum absolute atomic E-state index is 13.6. The number of nitrogens with one attached hydrogen (secondary N) is 1. The molecular weight excluding hydrogens is 459 g/mol. The van der Waals surface area contributed by atoms with Gasteiger partial charge in [-0.15, -0.1) is 11.8 Å². The molecular formula is C29H33FN2O2S. The van der Waals surface area contributed by atoms with Crippen molar-refractivity contribution in [1.82, 2.24) is 10.2 Å². The van der Waals surface area contributed by atoms with Crippen molar-refractivity contribution in [3.8, 4) is 0 Å². The summed E-state index contributed by atoms with van der Waals surface area (Å²) in [4.78, 5) is 29.8. The van der Waals surface area contributed by atoms with Crippen molar-refractivity contribution in [2.24, 2.45) is 0 Å². The first-order chi connectivity index (χ1) is 16.7. The molecule has 0 aliphatic heterocycles. The highest BCUT2D eigenvalue weighted by Crippen LogP contribution is 2.21. The average molecular weight is 493 g/mol. The molecule has 0 fully saturated rings. The Morgan fingerprint density at radius 2 is 1.49 bits per heavy atom. The molecule has 0 aliphatic rings. The van der Waals surface area contributed by atoms with Gasteiger partial charge < -0.3 is 10.2 Å². The van der Waals surface area contributed by atoms with Crippen LogP contribution in [-0.2, 0) is 22.6 Å². The van der Waals surface area contributed by atoms with Crippen LogP contribution >= 0.6 is 11.8 Å². The van der Waals surface area contributed by atoms with E-state index in [1.807, 2.05) is 81.4 Å². The Morgan fingerprint density at radius 1 is 0.886 bits per heavy atom. The first kappa shape index (κ1) is 26.5. The van der Waals surface area contributed by atoms with Crippen molar-refractivity contribution in [3.05, 3.63) is 102 Å². The lowest BCUT2D eigenvalue weighted by molar-refractivity contribution is -0.141.